The zero-order valence-electron chi connectivity index (χ0n) is 10.0. The lowest BCUT2D eigenvalue weighted by molar-refractivity contribution is 0.511. The van der Waals surface area contributed by atoms with Gasteiger partial charge in [-0.3, -0.25) is 0 Å². The second-order valence-electron chi connectivity index (χ2n) is 3.82. The number of aromatic nitrogens is 2. The van der Waals surface area contributed by atoms with Crippen LogP contribution in [0.25, 0.3) is 0 Å². The molecule has 2 rings (SSSR count). The Bertz CT molecular complexity index is 507. The van der Waals surface area contributed by atoms with E-state index in [0.29, 0.717) is 11.9 Å². The summed E-state index contributed by atoms with van der Waals surface area (Å²) in [4.78, 5) is 0. The maximum Gasteiger partial charge on any atom is 0.320 e. The van der Waals surface area contributed by atoms with Crippen molar-refractivity contribution in [2.24, 2.45) is 5.73 Å². The lowest BCUT2D eigenvalue weighted by Crippen LogP contribution is -1.95. The molecule has 1 aromatic carbocycles. The Kier molecular flexibility index (Phi) is 3.39. The van der Waals surface area contributed by atoms with Gasteiger partial charge >= 0.3 is 6.01 Å². The zero-order valence-corrected chi connectivity index (χ0v) is 10.0. The summed E-state index contributed by atoms with van der Waals surface area (Å²) in [6.07, 6.45) is 0.999. The first kappa shape index (κ1) is 11.6. The van der Waals surface area contributed by atoms with E-state index in [-0.39, 0.29) is 6.54 Å². The third kappa shape index (κ3) is 2.62. The van der Waals surface area contributed by atoms with E-state index in [9.17, 15) is 0 Å². The first-order valence-electron chi connectivity index (χ1n) is 5.62. The molecule has 0 aliphatic rings. The summed E-state index contributed by atoms with van der Waals surface area (Å²) in [6, 6.07) is 6.51. The molecule has 1 heterocycles. The van der Waals surface area contributed by atoms with Crippen molar-refractivity contribution >= 4 is 11.7 Å². The first-order chi connectivity index (χ1) is 8.22. The third-order valence-electron chi connectivity index (χ3n) is 2.62. The number of aryl methyl sites for hydroxylation is 2. The van der Waals surface area contributed by atoms with Crippen molar-refractivity contribution in [2.75, 3.05) is 5.32 Å². The number of rotatable bonds is 4. The Hall–Kier alpha value is -1.88. The summed E-state index contributed by atoms with van der Waals surface area (Å²) in [5.41, 5.74) is 8.93. The number of benzene rings is 1. The number of anilines is 2. The molecule has 0 bridgehead atoms. The highest BCUT2D eigenvalue weighted by Gasteiger charge is 2.05. The van der Waals surface area contributed by atoms with Crippen LogP contribution in [0.2, 0.25) is 0 Å². The standard InChI is InChI=1S/C12H16N4O/c1-3-9-6-10(5-4-8(9)2)14-12-16-15-11(7-13)17-12/h4-6H,3,7,13H2,1-2H3,(H,14,16). The van der Waals surface area contributed by atoms with Gasteiger partial charge in [0.2, 0.25) is 5.89 Å². The van der Waals surface area contributed by atoms with E-state index in [4.69, 9.17) is 10.2 Å². The SMILES string of the molecule is CCc1cc(Nc2nnc(CN)o2)ccc1C. The highest BCUT2D eigenvalue weighted by Crippen LogP contribution is 2.19. The lowest BCUT2D eigenvalue weighted by atomic mass is 10.1. The molecule has 2 aromatic rings. The number of hydrogen-bond donors (Lipinski definition) is 2. The first-order valence-corrected chi connectivity index (χ1v) is 5.62. The second-order valence-corrected chi connectivity index (χ2v) is 3.82. The van der Waals surface area contributed by atoms with Gasteiger partial charge in [-0.15, -0.1) is 5.10 Å². The summed E-state index contributed by atoms with van der Waals surface area (Å²) in [5.74, 6) is 0.426. The largest absolute Gasteiger partial charge is 0.406 e. The third-order valence-corrected chi connectivity index (χ3v) is 2.62. The van der Waals surface area contributed by atoms with Crippen molar-refractivity contribution < 1.29 is 4.42 Å². The van der Waals surface area contributed by atoms with Crippen LogP contribution in [0.4, 0.5) is 11.7 Å². The number of nitrogens with zero attached hydrogens (tertiary/aromatic N) is 2. The van der Waals surface area contributed by atoms with E-state index < -0.39 is 0 Å². The highest BCUT2D eigenvalue weighted by molar-refractivity contribution is 5.54. The molecule has 17 heavy (non-hydrogen) atoms. The van der Waals surface area contributed by atoms with Crippen molar-refractivity contribution in [1.82, 2.24) is 10.2 Å². The number of nitrogens with two attached hydrogens (primary N) is 1. The average molecular weight is 232 g/mol. The van der Waals surface area contributed by atoms with Crippen LogP contribution >= 0.6 is 0 Å². The van der Waals surface area contributed by atoms with Crippen LogP contribution in [0.15, 0.2) is 22.6 Å². The van der Waals surface area contributed by atoms with E-state index in [0.717, 1.165) is 12.1 Å². The summed E-state index contributed by atoms with van der Waals surface area (Å²) in [5, 5.41) is 10.7. The van der Waals surface area contributed by atoms with Gasteiger partial charge in [0.05, 0.1) is 6.54 Å². The van der Waals surface area contributed by atoms with Crippen molar-refractivity contribution in [2.45, 2.75) is 26.8 Å². The molecule has 5 nitrogen and oxygen atoms in total. The summed E-state index contributed by atoms with van der Waals surface area (Å²) in [7, 11) is 0. The molecule has 0 aliphatic carbocycles. The quantitative estimate of drug-likeness (QED) is 0.844. The molecule has 0 radical (unpaired) electrons. The number of hydrogen-bond acceptors (Lipinski definition) is 5. The molecule has 0 fully saturated rings. The molecule has 1 aromatic heterocycles. The maximum atomic E-state index is 5.40. The van der Waals surface area contributed by atoms with Gasteiger partial charge in [0.15, 0.2) is 0 Å². The molecule has 5 heteroatoms. The van der Waals surface area contributed by atoms with Crippen molar-refractivity contribution in [1.29, 1.82) is 0 Å². The minimum Gasteiger partial charge on any atom is -0.406 e. The normalized spacial score (nSPS) is 10.5. The van der Waals surface area contributed by atoms with Gasteiger partial charge in [-0.25, -0.2) is 0 Å². The van der Waals surface area contributed by atoms with E-state index in [1.807, 2.05) is 6.07 Å². The fourth-order valence-corrected chi connectivity index (χ4v) is 1.64. The molecule has 0 spiro atoms. The highest BCUT2D eigenvalue weighted by atomic mass is 16.4. The molecule has 0 amide bonds. The monoisotopic (exact) mass is 232 g/mol. The smallest absolute Gasteiger partial charge is 0.320 e. The van der Waals surface area contributed by atoms with E-state index >= 15 is 0 Å². The second kappa shape index (κ2) is 4.97. The van der Waals surface area contributed by atoms with Crippen LogP contribution in [0.5, 0.6) is 0 Å². The van der Waals surface area contributed by atoms with Gasteiger partial charge in [-0.1, -0.05) is 18.1 Å². The Morgan fingerprint density at radius 3 is 2.82 bits per heavy atom. The molecule has 3 N–H and O–H groups in total. The minimum absolute atomic E-state index is 0.253. The van der Waals surface area contributed by atoms with Crippen molar-refractivity contribution in [3.63, 3.8) is 0 Å². The molecule has 0 saturated heterocycles. The predicted molar refractivity (Wildman–Crippen MR) is 66.0 cm³/mol. The molecule has 0 saturated carbocycles. The minimum atomic E-state index is 0.253. The van der Waals surface area contributed by atoms with E-state index in [1.165, 1.54) is 11.1 Å². The van der Waals surface area contributed by atoms with Crippen LogP contribution in [0.3, 0.4) is 0 Å². The van der Waals surface area contributed by atoms with Crippen LogP contribution in [0, 0.1) is 6.92 Å². The van der Waals surface area contributed by atoms with E-state index in [1.54, 1.807) is 0 Å². The molecule has 0 aliphatic heterocycles. The summed E-state index contributed by atoms with van der Waals surface area (Å²) in [6.45, 7) is 4.48. The molecule has 0 unspecified atom stereocenters. The predicted octanol–water partition coefficient (Wildman–Crippen LogP) is 2.14. The van der Waals surface area contributed by atoms with Gasteiger partial charge in [0.25, 0.3) is 0 Å². The van der Waals surface area contributed by atoms with Crippen LogP contribution < -0.4 is 11.1 Å². The van der Waals surface area contributed by atoms with Crippen LogP contribution in [-0.2, 0) is 13.0 Å². The fraction of sp³-hybridized carbons (Fsp3) is 0.333. The van der Waals surface area contributed by atoms with Gasteiger partial charge in [0, 0.05) is 5.69 Å². The topological polar surface area (TPSA) is 77.0 Å². The zero-order chi connectivity index (χ0) is 12.3. The van der Waals surface area contributed by atoms with Gasteiger partial charge < -0.3 is 15.5 Å². The van der Waals surface area contributed by atoms with Crippen molar-refractivity contribution in [3.05, 3.63) is 35.2 Å². The Morgan fingerprint density at radius 1 is 1.35 bits per heavy atom. The van der Waals surface area contributed by atoms with Gasteiger partial charge in [-0.2, -0.15) is 0 Å². The molecule has 0 atom stereocenters. The molecular formula is C12H16N4O. The summed E-state index contributed by atoms with van der Waals surface area (Å²) < 4.78 is 5.28. The fourth-order valence-electron chi connectivity index (χ4n) is 1.64. The molecule has 90 valence electrons. The Labute approximate surface area is 100 Å². The van der Waals surface area contributed by atoms with Crippen molar-refractivity contribution in [3.8, 4) is 0 Å². The Balaban J connectivity index is 2.18. The van der Waals surface area contributed by atoms with Crippen LogP contribution in [-0.4, -0.2) is 10.2 Å². The van der Waals surface area contributed by atoms with E-state index in [2.05, 4.69) is 41.5 Å². The Morgan fingerprint density at radius 2 is 2.18 bits per heavy atom. The lowest BCUT2D eigenvalue weighted by Gasteiger charge is -2.06. The summed E-state index contributed by atoms with van der Waals surface area (Å²) >= 11 is 0. The molecular weight excluding hydrogens is 216 g/mol. The van der Waals surface area contributed by atoms with Crippen LogP contribution in [0.1, 0.15) is 23.9 Å². The average Bonchev–Trinajstić information content (AvgIpc) is 2.79. The van der Waals surface area contributed by atoms with Gasteiger partial charge in [0.1, 0.15) is 0 Å². The number of nitrogens with one attached hydrogen (secondary N) is 1. The van der Waals surface area contributed by atoms with Gasteiger partial charge in [-0.05, 0) is 36.6 Å². The maximum absolute atomic E-state index is 5.40.